The van der Waals surface area contributed by atoms with Gasteiger partial charge in [0, 0.05) is 11.3 Å². The summed E-state index contributed by atoms with van der Waals surface area (Å²) in [6, 6.07) is 0. The first kappa shape index (κ1) is 8.17. The Morgan fingerprint density at radius 1 is 1.43 bits per heavy atom. The molecule has 0 N–H and O–H groups in total. The summed E-state index contributed by atoms with van der Waals surface area (Å²) in [5.74, 6) is 1.33. The van der Waals surface area contributed by atoms with Gasteiger partial charge in [-0.1, -0.05) is 6.42 Å². The highest BCUT2D eigenvalue weighted by atomic mass is 32.1. The Kier molecular flexibility index (Phi) is 1.87. The summed E-state index contributed by atoms with van der Waals surface area (Å²) in [5.41, 5.74) is 0.877. The molecule has 14 heavy (non-hydrogen) atoms. The van der Waals surface area contributed by atoms with E-state index >= 15 is 0 Å². The highest BCUT2D eigenvalue weighted by molar-refractivity contribution is 7.10. The van der Waals surface area contributed by atoms with E-state index in [0.717, 1.165) is 5.69 Å². The number of aromatic nitrogens is 2. The van der Waals surface area contributed by atoms with Gasteiger partial charge in [-0.05, 0) is 12.8 Å². The fraction of sp³-hybridized carbons (Fsp3) is 0.400. The molecule has 2 aromatic rings. The highest BCUT2D eigenvalue weighted by Gasteiger charge is 2.23. The van der Waals surface area contributed by atoms with Crippen LogP contribution in [0.4, 0.5) is 0 Å². The third-order valence-corrected chi connectivity index (χ3v) is 3.64. The summed E-state index contributed by atoms with van der Waals surface area (Å²) in [6.45, 7) is 0. The second-order valence-electron chi connectivity index (χ2n) is 3.54. The molecule has 1 fully saturated rings. The van der Waals surface area contributed by atoms with Gasteiger partial charge in [-0.15, -0.1) is 11.3 Å². The molecule has 0 amide bonds. The summed E-state index contributed by atoms with van der Waals surface area (Å²) in [5, 5.41) is 3.27. The van der Waals surface area contributed by atoms with Crippen molar-refractivity contribution >= 4 is 11.3 Å². The molecule has 0 aromatic carbocycles. The smallest absolute Gasteiger partial charge is 0.245 e. The summed E-state index contributed by atoms with van der Waals surface area (Å²) >= 11 is 1.72. The average Bonchev–Trinajstić information content (AvgIpc) is 2.65. The van der Waals surface area contributed by atoms with E-state index in [2.05, 4.69) is 9.97 Å². The lowest BCUT2D eigenvalue weighted by Gasteiger charge is -2.22. The van der Waals surface area contributed by atoms with Crippen LogP contribution in [0.15, 0.2) is 22.3 Å². The van der Waals surface area contributed by atoms with Crippen LogP contribution >= 0.6 is 11.3 Å². The maximum Gasteiger partial charge on any atom is 0.245 e. The molecule has 2 heterocycles. The molecule has 0 unspecified atom stereocenters. The van der Waals surface area contributed by atoms with E-state index in [4.69, 9.17) is 4.42 Å². The molecule has 3 rings (SSSR count). The third kappa shape index (κ3) is 1.26. The lowest BCUT2D eigenvalue weighted by atomic mass is 9.86. The van der Waals surface area contributed by atoms with Crippen LogP contribution in [0.3, 0.4) is 0 Å². The van der Waals surface area contributed by atoms with Crippen LogP contribution in [0.5, 0.6) is 0 Å². The zero-order valence-corrected chi connectivity index (χ0v) is 8.46. The molecule has 0 saturated heterocycles. The normalized spacial score (nSPS) is 16.9. The zero-order valence-electron chi connectivity index (χ0n) is 7.64. The summed E-state index contributed by atoms with van der Waals surface area (Å²) in [6.07, 6.45) is 7.16. The van der Waals surface area contributed by atoms with E-state index in [9.17, 15) is 0 Å². The number of rotatable bonds is 2. The molecule has 72 valence electrons. The maximum atomic E-state index is 5.20. The van der Waals surface area contributed by atoms with Crippen LogP contribution in [0, 0.1) is 0 Å². The lowest BCUT2D eigenvalue weighted by molar-refractivity contribution is 0.418. The minimum atomic E-state index is 0.631. The Hall–Kier alpha value is -1.16. The summed E-state index contributed by atoms with van der Waals surface area (Å²) < 4.78 is 5.20. The minimum Gasteiger partial charge on any atom is -0.443 e. The van der Waals surface area contributed by atoms with Gasteiger partial charge in [0.25, 0.3) is 0 Å². The van der Waals surface area contributed by atoms with Crippen LogP contribution in [0.1, 0.15) is 30.2 Å². The van der Waals surface area contributed by atoms with Gasteiger partial charge in [-0.3, -0.25) is 0 Å². The molecule has 3 nitrogen and oxygen atoms in total. The zero-order chi connectivity index (χ0) is 9.38. The molecule has 1 aliphatic rings. The Morgan fingerprint density at radius 3 is 3.00 bits per heavy atom. The Morgan fingerprint density at radius 2 is 2.36 bits per heavy atom. The van der Waals surface area contributed by atoms with Gasteiger partial charge in [0.15, 0.2) is 0 Å². The van der Waals surface area contributed by atoms with Crippen LogP contribution in [-0.2, 0) is 0 Å². The van der Waals surface area contributed by atoms with Crippen molar-refractivity contribution in [3.05, 3.63) is 22.8 Å². The SMILES string of the molecule is c1coc(-c2csc(C3CCC3)n2)n1. The molecule has 0 radical (unpaired) electrons. The lowest BCUT2D eigenvalue weighted by Crippen LogP contribution is -2.07. The van der Waals surface area contributed by atoms with Gasteiger partial charge in [-0.25, -0.2) is 9.97 Å². The van der Waals surface area contributed by atoms with Crippen molar-refractivity contribution in [2.24, 2.45) is 0 Å². The topological polar surface area (TPSA) is 38.9 Å². The average molecular weight is 206 g/mol. The fourth-order valence-corrected chi connectivity index (χ4v) is 2.54. The Labute approximate surface area is 85.8 Å². The molecule has 0 bridgehead atoms. The molecular formula is C10H10N2OS. The van der Waals surface area contributed by atoms with E-state index in [0.29, 0.717) is 11.8 Å². The summed E-state index contributed by atoms with van der Waals surface area (Å²) in [7, 11) is 0. The number of hydrogen-bond acceptors (Lipinski definition) is 4. The van der Waals surface area contributed by atoms with Crippen molar-refractivity contribution < 1.29 is 4.42 Å². The minimum absolute atomic E-state index is 0.631. The van der Waals surface area contributed by atoms with Gasteiger partial charge in [-0.2, -0.15) is 0 Å². The van der Waals surface area contributed by atoms with E-state index < -0.39 is 0 Å². The van der Waals surface area contributed by atoms with Crippen molar-refractivity contribution in [3.8, 4) is 11.6 Å². The van der Waals surface area contributed by atoms with Crippen molar-refractivity contribution in [2.45, 2.75) is 25.2 Å². The number of thiazole rings is 1. The van der Waals surface area contributed by atoms with E-state index in [1.165, 1.54) is 24.3 Å². The molecule has 2 aromatic heterocycles. The molecular weight excluding hydrogens is 196 g/mol. The standard InChI is InChI=1S/C10H10N2OS/c1-2-7(3-1)10-12-8(6-14-10)9-11-4-5-13-9/h4-7H,1-3H2. The Balaban J connectivity index is 1.90. The predicted octanol–water partition coefficient (Wildman–Crippen LogP) is 3.07. The second-order valence-corrected chi connectivity index (χ2v) is 4.43. The van der Waals surface area contributed by atoms with Crippen LogP contribution in [0.2, 0.25) is 0 Å². The van der Waals surface area contributed by atoms with Crippen LogP contribution in [0.25, 0.3) is 11.6 Å². The van der Waals surface area contributed by atoms with Crippen molar-refractivity contribution in [1.82, 2.24) is 9.97 Å². The van der Waals surface area contributed by atoms with E-state index in [1.807, 2.05) is 5.38 Å². The molecule has 0 spiro atoms. The number of hydrogen-bond donors (Lipinski definition) is 0. The quantitative estimate of drug-likeness (QED) is 0.758. The van der Waals surface area contributed by atoms with Crippen molar-refractivity contribution in [1.29, 1.82) is 0 Å². The first-order valence-electron chi connectivity index (χ1n) is 4.79. The molecule has 1 saturated carbocycles. The Bertz CT molecular complexity index is 417. The van der Waals surface area contributed by atoms with Crippen LogP contribution < -0.4 is 0 Å². The molecule has 1 aliphatic carbocycles. The molecule has 0 atom stereocenters. The number of oxazole rings is 1. The largest absolute Gasteiger partial charge is 0.443 e. The van der Waals surface area contributed by atoms with E-state index in [1.54, 1.807) is 23.8 Å². The van der Waals surface area contributed by atoms with Gasteiger partial charge >= 0.3 is 0 Å². The van der Waals surface area contributed by atoms with Gasteiger partial charge < -0.3 is 4.42 Å². The molecule has 0 aliphatic heterocycles. The fourth-order valence-electron chi connectivity index (χ4n) is 1.58. The van der Waals surface area contributed by atoms with Crippen molar-refractivity contribution in [2.75, 3.05) is 0 Å². The summed E-state index contributed by atoms with van der Waals surface area (Å²) in [4.78, 5) is 8.62. The second kappa shape index (κ2) is 3.20. The maximum absolute atomic E-state index is 5.20. The first-order chi connectivity index (χ1) is 6.93. The monoisotopic (exact) mass is 206 g/mol. The van der Waals surface area contributed by atoms with Crippen molar-refractivity contribution in [3.63, 3.8) is 0 Å². The van der Waals surface area contributed by atoms with Gasteiger partial charge in [0.05, 0.1) is 11.2 Å². The molecule has 4 heteroatoms. The van der Waals surface area contributed by atoms with Gasteiger partial charge in [0.1, 0.15) is 12.0 Å². The van der Waals surface area contributed by atoms with E-state index in [-0.39, 0.29) is 0 Å². The highest BCUT2D eigenvalue weighted by Crippen LogP contribution is 2.38. The predicted molar refractivity (Wildman–Crippen MR) is 54.2 cm³/mol. The van der Waals surface area contributed by atoms with Crippen LogP contribution in [-0.4, -0.2) is 9.97 Å². The first-order valence-corrected chi connectivity index (χ1v) is 5.67. The van der Waals surface area contributed by atoms with Gasteiger partial charge in [0.2, 0.25) is 5.89 Å². The third-order valence-electron chi connectivity index (χ3n) is 2.63. The number of nitrogens with zero attached hydrogens (tertiary/aromatic N) is 2.